The molecule has 1 aliphatic rings. The van der Waals surface area contributed by atoms with Crippen LogP contribution in [0.25, 0.3) is 0 Å². The lowest BCUT2D eigenvalue weighted by atomic mass is 9.91. The molecule has 0 saturated carbocycles. The van der Waals surface area contributed by atoms with Gasteiger partial charge in [-0.15, -0.1) is 0 Å². The molecule has 2 amide bonds. The van der Waals surface area contributed by atoms with Gasteiger partial charge in [-0.2, -0.15) is 0 Å². The van der Waals surface area contributed by atoms with Gasteiger partial charge >= 0.3 is 6.09 Å². The van der Waals surface area contributed by atoms with Crippen molar-refractivity contribution in [2.24, 2.45) is 10.7 Å². The Bertz CT molecular complexity index is 1130. The maximum atomic E-state index is 14.1. The van der Waals surface area contributed by atoms with Crippen molar-refractivity contribution in [3.63, 3.8) is 0 Å². The SMILES string of the molecule is CC(N)=NC[C@@H]1Cc2ccccc2CN1C(=O)[C@H](Cc1c(C)cc(O)cc1C)NC(=O)OC(C)(C)C. The Balaban J connectivity index is 1.97. The Labute approximate surface area is 213 Å². The van der Waals surface area contributed by atoms with Gasteiger partial charge in [0.2, 0.25) is 5.91 Å². The van der Waals surface area contributed by atoms with Crippen LogP contribution in [0.4, 0.5) is 4.79 Å². The van der Waals surface area contributed by atoms with E-state index >= 15 is 0 Å². The summed E-state index contributed by atoms with van der Waals surface area (Å²) in [4.78, 5) is 33.1. The number of ether oxygens (including phenoxy) is 1. The van der Waals surface area contributed by atoms with Gasteiger partial charge in [0.15, 0.2) is 0 Å². The number of amidine groups is 1. The van der Waals surface area contributed by atoms with Crippen molar-refractivity contribution in [2.75, 3.05) is 6.54 Å². The Kier molecular flexibility index (Phi) is 8.28. The molecule has 0 fully saturated rings. The molecule has 4 N–H and O–H groups in total. The summed E-state index contributed by atoms with van der Waals surface area (Å²) >= 11 is 0. The Morgan fingerprint density at radius 2 is 1.81 bits per heavy atom. The smallest absolute Gasteiger partial charge is 0.408 e. The van der Waals surface area contributed by atoms with Crippen LogP contribution in [0.3, 0.4) is 0 Å². The van der Waals surface area contributed by atoms with Crippen molar-refractivity contribution < 1.29 is 19.4 Å². The second-order valence-corrected chi connectivity index (χ2v) is 10.5. The highest BCUT2D eigenvalue weighted by atomic mass is 16.6. The molecule has 2 aromatic rings. The van der Waals surface area contributed by atoms with E-state index in [1.807, 2.05) is 32.0 Å². The Hall–Kier alpha value is -3.55. The fraction of sp³-hybridized carbons (Fsp3) is 0.464. The molecule has 36 heavy (non-hydrogen) atoms. The second kappa shape index (κ2) is 11.0. The van der Waals surface area contributed by atoms with Gasteiger partial charge in [0.05, 0.1) is 18.4 Å². The number of carbonyl (C=O) groups is 2. The number of nitrogens with one attached hydrogen (secondary N) is 1. The van der Waals surface area contributed by atoms with Crippen molar-refractivity contribution >= 4 is 17.8 Å². The lowest BCUT2D eigenvalue weighted by Gasteiger charge is -2.38. The van der Waals surface area contributed by atoms with Crippen LogP contribution >= 0.6 is 0 Å². The van der Waals surface area contributed by atoms with Crippen molar-refractivity contribution in [1.82, 2.24) is 10.2 Å². The second-order valence-electron chi connectivity index (χ2n) is 10.5. The summed E-state index contributed by atoms with van der Waals surface area (Å²) in [6.45, 7) is 11.6. The van der Waals surface area contributed by atoms with E-state index in [-0.39, 0.29) is 24.1 Å². The summed E-state index contributed by atoms with van der Waals surface area (Å²) in [6, 6.07) is 10.3. The zero-order chi connectivity index (χ0) is 26.6. The van der Waals surface area contributed by atoms with Gasteiger partial charge in [-0.25, -0.2) is 4.79 Å². The summed E-state index contributed by atoms with van der Waals surface area (Å²) in [5, 5.41) is 12.8. The molecule has 0 bridgehead atoms. The Morgan fingerprint density at radius 1 is 1.19 bits per heavy atom. The van der Waals surface area contributed by atoms with E-state index in [0.29, 0.717) is 25.3 Å². The number of carbonyl (C=O) groups excluding carboxylic acids is 2. The largest absolute Gasteiger partial charge is 0.508 e. The van der Waals surface area contributed by atoms with E-state index < -0.39 is 17.7 Å². The first-order valence-corrected chi connectivity index (χ1v) is 12.3. The molecule has 8 nitrogen and oxygen atoms in total. The lowest BCUT2D eigenvalue weighted by Crippen LogP contribution is -2.55. The monoisotopic (exact) mass is 494 g/mol. The van der Waals surface area contributed by atoms with Crippen LogP contribution < -0.4 is 11.1 Å². The maximum Gasteiger partial charge on any atom is 0.408 e. The molecule has 0 aromatic heterocycles. The number of benzene rings is 2. The van der Waals surface area contributed by atoms with Crippen molar-refractivity contribution in [3.8, 4) is 5.75 Å². The van der Waals surface area contributed by atoms with E-state index in [2.05, 4.69) is 16.4 Å². The number of alkyl carbamates (subject to hydrolysis) is 1. The number of aryl methyl sites for hydroxylation is 2. The third-order valence-electron chi connectivity index (χ3n) is 6.27. The summed E-state index contributed by atoms with van der Waals surface area (Å²) < 4.78 is 5.49. The van der Waals surface area contributed by atoms with Crippen LogP contribution in [0.15, 0.2) is 41.4 Å². The molecule has 1 heterocycles. The molecule has 194 valence electrons. The molecule has 8 heteroatoms. The van der Waals surface area contributed by atoms with Gasteiger partial charge in [-0.05, 0) is 87.9 Å². The summed E-state index contributed by atoms with van der Waals surface area (Å²) in [7, 11) is 0. The average molecular weight is 495 g/mol. The molecule has 0 spiro atoms. The molecular weight excluding hydrogens is 456 g/mol. The van der Waals surface area contributed by atoms with Crippen LogP contribution in [0.2, 0.25) is 0 Å². The van der Waals surface area contributed by atoms with Crippen LogP contribution in [0, 0.1) is 13.8 Å². The maximum absolute atomic E-state index is 14.1. The summed E-state index contributed by atoms with van der Waals surface area (Å²) in [6.07, 6.45) is 0.259. The number of hydrogen-bond donors (Lipinski definition) is 3. The van der Waals surface area contributed by atoms with Gasteiger partial charge in [0.25, 0.3) is 0 Å². The highest BCUT2D eigenvalue weighted by Crippen LogP contribution is 2.27. The summed E-state index contributed by atoms with van der Waals surface area (Å²) in [5.41, 5.74) is 9.95. The third kappa shape index (κ3) is 6.99. The minimum atomic E-state index is -0.863. The van der Waals surface area contributed by atoms with Gasteiger partial charge in [-0.1, -0.05) is 24.3 Å². The lowest BCUT2D eigenvalue weighted by molar-refractivity contribution is -0.136. The van der Waals surface area contributed by atoms with Crippen molar-refractivity contribution in [1.29, 1.82) is 0 Å². The number of phenols is 1. The number of nitrogens with zero attached hydrogens (tertiary/aromatic N) is 2. The van der Waals surface area contributed by atoms with E-state index in [4.69, 9.17) is 10.5 Å². The fourth-order valence-electron chi connectivity index (χ4n) is 4.60. The molecule has 0 unspecified atom stereocenters. The van der Waals surface area contributed by atoms with Crippen LogP contribution in [0.1, 0.15) is 55.5 Å². The predicted octanol–water partition coefficient (Wildman–Crippen LogP) is 3.78. The van der Waals surface area contributed by atoms with Crippen LogP contribution in [-0.2, 0) is 28.9 Å². The fourth-order valence-corrected chi connectivity index (χ4v) is 4.60. The van der Waals surface area contributed by atoms with E-state index in [9.17, 15) is 14.7 Å². The van der Waals surface area contributed by atoms with Gasteiger partial charge in [0.1, 0.15) is 17.4 Å². The quantitative estimate of drug-likeness (QED) is 0.417. The number of hydrogen-bond acceptors (Lipinski definition) is 5. The average Bonchev–Trinajstić information content (AvgIpc) is 2.76. The third-order valence-corrected chi connectivity index (χ3v) is 6.27. The standard InChI is InChI=1S/C28H38N4O4/c1-17-11-23(33)12-18(2)24(17)14-25(31-27(35)36-28(4,5)6)26(34)32-16-21-10-8-7-9-20(21)13-22(32)15-30-19(3)29/h7-12,22,25,33H,13-16H2,1-6H3,(H2,29,30)(H,31,35)/t22-,25-/m0/s1. The van der Waals surface area contributed by atoms with E-state index in [1.165, 1.54) is 5.56 Å². The number of aliphatic imine (C=N–C) groups is 1. The van der Waals surface area contributed by atoms with Crippen LogP contribution in [-0.4, -0.2) is 52.1 Å². The highest BCUT2D eigenvalue weighted by molar-refractivity contribution is 5.87. The number of aromatic hydroxyl groups is 1. The number of rotatable bonds is 6. The first-order chi connectivity index (χ1) is 16.8. The van der Waals surface area contributed by atoms with Gasteiger partial charge in [-0.3, -0.25) is 9.79 Å². The van der Waals surface area contributed by atoms with Crippen molar-refractivity contribution in [3.05, 3.63) is 64.2 Å². The highest BCUT2D eigenvalue weighted by Gasteiger charge is 2.35. The summed E-state index contributed by atoms with van der Waals surface area (Å²) in [5.74, 6) is 0.414. The molecule has 2 atom stereocenters. The molecule has 0 saturated heterocycles. The normalized spacial score (nSPS) is 16.8. The minimum absolute atomic E-state index is 0.166. The topological polar surface area (TPSA) is 117 Å². The molecule has 3 rings (SSSR count). The van der Waals surface area contributed by atoms with E-state index in [1.54, 1.807) is 44.7 Å². The zero-order valence-corrected chi connectivity index (χ0v) is 22.1. The molecule has 0 radical (unpaired) electrons. The minimum Gasteiger partial charge on any atom is -0.508 e. The molecular formula is C28H38N4O4. The number of phenolic OH excluding ortho intramolecular Hbond substituents is 1. The van der Waals surface area contributed by atoms with Gasteiger partial charge < -0.3 is 25.8 Å². The predicted molar refractivity (Wildman–Crippen MR) is 141 cm³/mol. The number of nitrogens with two attached hydrogens (primary N) is 1. The van der Waals surface area contributed by atoms with E-state index in [0.717, 1.165) is 22.3 Å². The molecule has 1 aliphatic heterocycles. The number of amides is 2. The zero-order valence-electron chi connectivity index (χ0n) is 22.1. The van der Waals surface area contributed by atoms with Crippen molar-refractivity contribution in [2.45, 2.75) is 78.6 Å². The number of fused-ring (bicyclic) bond motifs is 1. The Morgan fingerprint density at radius 3 is 2.39 bits per heavy atom. The first-order valence-electron chi connectivity index (χ1n) is 12.3. The van der Waals surface area contributed by atoms with Gasteiger partial charge in [0, 0.05) is 13.0 Å². The van der Waals surface area contributed by atoms with Crippen LogP contribution in [0.5, 0.6) is 5.75 Å². The first kappa shape index (κ1) is 27.0. The molecule has 0 aliphatic carbocycles. The molecule has 2 aromatic carbocycles.